The van der Waals surface area contributed by atoms with Gasteiger partial charge in [0.05, 0.1) is 5.69 Å². The largest absolute Gasteiger partial charge is 0.481 e. The van der Waals surface area contributed by atoms with Crippen LogP contribution in [-0.4, -0.2) is 22.1 Å². The highest BCUT2D eigenvalue weighted by Gasteiger charge is 2.38. The normalized spacial score (nSPS) is 13.2. The third kappa shape index (κ3) is 3.30. The molecule has 0 aromatic carbocycles. The molecule has 94 valence electrons. The highest BCUT2D eigenvalue weighted by atomic mass is 16.5. The van der Waals surface area contributed by atoms with E-state index < -0.39 is 23.2 Å². The SMILES string of the molecule is Cc1cc(NC(=O)C(C(=O)O)C(C)(C)C)on1. The lowest BCUT2D eigenvalue weighted by Gasteiger charge is -2.25. The topological polar surface area (TPSA) is 92.4 Å². The Morgan fingerprint density at radius 3 is 2.41 bits per heavy atom. The summed E-state index contributed by atoms with van der Waals surface area (Å²) in [5.41, 5.74) is -0.0618. The maximum atomic E-state index is 11.8. The van der Waals surface area contributed by atoms with Gasteiger partial charge < -0.3 is 9.63 Å². The van der Waals surface area contributed by atoms with Crippen LogP contribution in [-0.2, 0) is 9.59 Å². The number of aromatic nitrogens is 1. The summed E-state index contributed by atoms with van der Waals surface area (Å²) >= 11 is 0. The van der Waals surface area contributed by atoms with Crippen LogP contribution in [0.5, 0.6) is 0 Å². The van der Waals surface area contributed by atoms with Crippen LogP contribution >= 0.6 is 0 Å². The molecule has 1 aromatic heterocycles. The molecule has 0 fully saturated rings. The van der Waals surface area contributed by atoms with Gasteiger partial charge >= 0.3 is 5.97 Å². The first-order valence-corrected chi connectivity index (χ1v) is 5.19. The van der Waals surface area contributed by atoms with Crippen molar-refractivity contribution in [1.29, 1.82) is 0 Å². The maximum absolute atomic E-state index is 11.8. The third-order valence-corrected chi connectivity index (χ3v) is 2.25. The van der Waals surface area contributed by atoms with E-state index in [1.54, 1.807) is 27.7 Å². The molecule has 0 radical (unpaired) electrons. The fraction of sp³-hybridized carbons (Fsp3) is 0.545. The van der Waals surface area contributed by atoms with Crippen molar-refractivity contribution in [2.24, 2.45) is 11.3 Å². The second kappa shape index (κ2) is 4.57. The zero-order chi connectivity index (χ0) is 13.2. The molecule has 1 rings (SSSR count). The lowest BCUT2D eigenvalue weighted by Crippen LogP contribution is -2.39. The molecule has 2 N–H and O–H groups in total. The van der Waals surface area contributed by atoms with Gasteiger partial charge in [-0.3, -0.25) is 14.9 Å². The molecular formula is C11H16N2O4. The minimum Gasteiger partial charge on any atom is -0.481 e. The first kappa shape index (κ1) is 13.2. The fourth-order valence-electron chi connectivity index (χ4n) is 1.49. The van der Waals surface area contributed by atoms with Crippen LogP contribution in [0.25, 0.3) is 0 Å². The van der Waals surface area contributed by atoms with Crippen molar-refractivity contribution in [2.45, 2.75) is 27.7 Å². The van der Waals surface area contributed by atoms with Crippen molar-refractivity contribution in [2.75, 3.05) is 5.32 Å². The zero-order valence-corrected chi connectivity index (χ0v) is 10.3. The molecule has 1 heterocycles. The molecule has 0 aliphatic heterocycles. The van der Waals surface area contributed by atoms with Gasteiger partial charge in [0.25, 0.3) is 0 Å². The van der Waals surface area contributed by atoms with Gasteiger partial charge in [-0.25, -0.2) is 0 Å². The van der Waals surface area contributed by atoms with E-state index in [1.807, 2.05) is 0 Å². The summed E-state index contributed by atoms with van der Waals surface area (Å²) in [6.07, 6.45) is 0. The van der Waals surface area contributed by atoms with Gasteiger partial charge in [-0.05, 0) is 12.3 Å². The van der Waals surface area contributed by atoms with Gasteiger partial charge in [0.15, 0.2) is 0 Å². The number of aliphatic carboxylic acids is 1. The molecule has 0 saturated heterocycles. The van der Waals surface area contributed by atoms with Crippen LogP contribution in [0.3, 0.4) is 0 Å². The Balaban J connectivity index is 2.84. The van der Waals surface area contributed by atoms with E-state index in [0.717, 1.165) is 0 Å². The van der Waals surface area contributed by atoms with Gasteiger partial charge in [-0.15, -0.1) is 0 Å². The smallest absolute Gasteiger partial charge is 0.316 e. The van der Waals surface area contributed by atoms with E-state index >= 15 is 0 Å². The van der Waals surface area contributed by atoms with Crippen LogP contribution in [0.2, 0.25) is 0 Å². The molecule has 0 aliphatic rings. The monoisotopic (exact) mass is 240 g/mol. The summed E-state index contributed by atoms with van der Waals surface area (Å²) < 4.78 is 4.80. The molecule has 17 heavy (non-hydrogen) atoms. The number of carboxylic acids is 1. The Morgan fingerprint density at radius 1 is 1.47 bits per heavy atom. The number of anilines is 1. The minimum atomic E-state index is -1.16. The van der Waals surface area contributed by atoms with E-state index in [2.05, 4.69) is 10.5 Å². The number of carbonyl (C=O) groups is 2. The van der Waals surface area contributed by atoms with Crippen molar-refractivity contribution in [3.8, 4) is 0 Å². The molecule has 0 bridgehead atoms. The highest BCUT2D eigenvalue weighted by Crippen LogP contribution is 2.27. The summed E-state index contributed by atoms with van der Waals surface area (Å²) in [4.78, 5) is 22.9. The number of nitrogens with zero attached hydrogens (tertiary/aromatic N) is 1. The Hall–Kier alpha value is -1.85. The summed E-state index contributed by atoms with van der Waals surface area (Å²) in [7, 11) is 0. The quantitative estimate of drug-likeness (QED) is 0.784. The summed E-state index contributed by atoms with van der Waals surface area (Å²) in [5.74, 6) is -2.76. The van der Waals surface area contributed by atoms with Crippen molar-refractivity contribution < 1.29 is 19.2 Å². The molecule has 1 aromatic rings. The summed E-state index contributed by atoms with van der Waals surface area (Å²) in [5, 5.41) is 15.1. The van der Waals surface area contributed by atoms with Crippen molar-refractivity contribution in [3.63, 3.8) is 0 Å². The van der Waals surface area contributed by atoms with E-state index in [1.165, 1.54) is 6.07 Å². The number of amides is 1. The lowest BCUT2D eigenvalue weighted by atomic mass is 9.80. The van der Waals surface area contributed by atoms with Gasteiger partial charge in [0.2, 0.25) is 11.8 Å². The van der Waals surface area contributed by atoms with Crippen LogP contribution in [0.4, 0.5) is 5.88 Å². The molecule has 6 heteroatoms. The Morgan fingerprint density at radius 2 is 2.06 bits per heavy atom. The van der Waals surface area contributed by atoms with Crippen molar-refractivity contribution in [3.05, 3.63) is 11.8 Å². The Labute approximate surface area is 99.0 Å². The standard InChI is InChI=1S/C11H16N2O4/c1-6-5-7(17-13-6)12-9(14)8(10(15)16)11(2,3)4/h5,8H,1-4H3,(H,12,14)(H,15,16). The average molecular weight is 240 g/mol. The Bertz CT molecular complexity index is 431. The number of carboxylic acid groups (broad SMARTS) is 1. The molecule has 0 saturated carbocycles. The number of hydrogen-bond acceptors (Lipinski definition) is 4. The highest BCUT2D eigenvalue weighted by molar-refractivity contribution is 6.04. The number of aryl methyl sites for hydroxylation is 1. The number of nitrogens with one attached hydrogen (secondary N) is 1. The summed E-state index contributed by atoms with van der Waals surface area (Å²) in [6.45, 7) is 6.78. The molecule has 1 amide bonds. The average Bonchev–Trinajstić information content (AvgIpc) is 2.46. The Kier molecular flexibility index (Phi) is 3.55. The third-order valence-electron chi connectivity index (χ3n) is 2.25. The molecular weight excluding hydrogens is 224 g/mol. The lowest BCUT2D eigenvalue weighted by molar-refractivity contribution is -0.149. The van der Waals surface area contributed by atoms with Crippen molar-refractivity contribution in [1.82, 2.24) is 5.16 Å². The second-order valence-electron chi connectivity index (χ2n) is 4.96. The fourth-order valence-corrected chi connectivity index (χ4v) is 1.49. The summed E-state index contributed by atoms with van der Waals surface area (Å²) in [6, 6.07) is 1.53. The van der Waals surface area contributed by atoms with E-state index in [-0.39, 0.29) is 5.88 Å². The van der Waals surface area contributed by atoms with E-state index in [9.17, 15) is 9.59 Å². The first-order chi connectivity index (χ1) is 7.71. The molecule has 0 spiro atoms. The molecule has 0 aliphatic carbocycles. The maximum Gasteiger partial charge on any atom is 0.316 e. The second-order valence-corrected chi connectivity index (χ2v) is 4.96. The molecule has 1 atom stereocenters. The van der Waals surface area contributed by atoms with Crippen LogP contribution in [0.1, 0.15) is 26.5 Å². The van der Waals surface area contributed by atoms with Crippen LogP contribution < -0.4 is 5.32 Å². The molecule has 6 nitrogen and oxygen atoms in total. The van der Waals surface area contributed by atoms with Crippen LogP contribution in [0, 0.1) is 18.3 Å². The number of hydrogen-bond donors (Lipinski definition) is 2. The van der Waals surface area contributed by atoms with E-state index in [0.29, 0.717) is 5.69 Å². The van der Waals surface area contributed by atoms with E-state index in [4.69, 9.17) is 9.63 Å². The predicted molar refractivity (Wildman–Crippen MR) is 60.5 cm³/mol. The zero-order valence-electron chi connectivity index (χ0n) is 10.3. The number of carbonyl (C=O) groups excluding carboxylic acids is 1. The molecule has 1 unspecified atom stereocenters. The minimum absolute atomic E-state index is 0.156. The van der Waals surface area contributed by atoms with Crippen LogP contribution in [0.15, 0.2) is 10.6 Å². The van der Waals surface area contributed by atoms with Gasteiger partial charge in [-0.1, -0.05) is 25.9 Å². The van der Waals surface area contributed by atoms with Crippen molar-refractivity contribution >= 4 is 17.8 Å². The predicted octanol–water partition coefficient (Wildman–Crippen LogP) is 1.67. The van der Waals surface area contributed by atoms with Gasteiger partial charge in [-0.2, -0.15) is 0 Å². The first-order valence-electron chi connectivity index (χ1n) is 5.19. The van der Waals surface area contributed by atoms with Gasteiger partial charge in [0, 0.05) is 6.07 Å². The number of rotatable bonds is 3. The van der Waals surface area contributed by atoms with Gasteiger partial charge in [0.1, 0.15) is 5.92 Å².